The molecule has 18 heavy (non-hydrogen) atoms. The first-order valence-corrected chi connectivity index (χ1v) is 6.78. The fourth-order valence-corrected chi connectivity index (χ4v) is 3.63. The lowest BCUT2D eigenvalue weighted by molar-refractivity contribution is 0.0832. The Labute approximate surface area is 110 Å². The van der Waals surface area contributed by atoms with Crippen LogP contribution in [0.5, 0.6) is 0 Å². The first-order chi connectivity index (χ1) is 8.26. The molecule has 0 amide bonds. The van der Waals surface area contributed by atoms with Crippen LogP contribution in [0.4, 0.5) is 0 Å². The highest BCUT2D eigenvalue weighted by atomic mass is 16.5. The Morgan fingerprint density at radius 2 is 1.83 bits per heavy atom. The average Bonchev–Trinajstić information content (AvgIpc) is 2.56. The van der Waals surface area contributed by atoms with E-state index in [1.54, 1.807) is 0 Å². The van der Waals surface area contributed by atoms with Gasteiger partial charge in [-0.15, -0.1) is 0 Å². The minimum absolute atomic E-state index is 0.407. The summed E-state index contributed by atoms with van der Waals surface area (Å²) in [5, 5.41) is 7.38. The Bertz CT molecular complexity index is 393. The molecule has 4 nitrogen and oxygen atoms in total. The molecule has 4 heteroatoms. The molecule has 102 valence electrons. The maximum Gasteiger partial charge on any atom is 0.240 e. The third kappa shape index (κ3) is 3.55. The second kappa shape index (κ2) is 4.65. The van der Waals surface area contributed by atoms with Crippen LogP contribution in [-0.4, -0.2) is 16.2 Å². The molecule has 0 atom stereocenters. The SMILES string of the molecule is Cc1noc(CNC2CC(C)(C)CC(C)(C)C2)n1. The van der Waals surface area contributed by atoms with Gasteiger partial charge in [0.15, 0.2) is 5.82 Å². The summed E-state index contributed by atoms with van der Waals surface area (Å²) < 4.78 is 5.14. The number of aromatic nitrogens is 2. The van der Waals surface area contributed by atoms with Gasteiger partial charge in [-0.25, -0.2) is 0 Å². The monoisotopic (exact) mass is 251 g/mol. The van der Waals surface area contributed by atoms with Crippen molar-refractivity contribution in [1.82, 2.24) is 15.5 Å². The summed E-state index contributed by atoms with van der Waals surface area (Å²) in [4.78, 5) is 4.23. The Morgan fingerprint density at radius 1 is 1.22 bits per heavy atom. The van der Waals surface area contributed by atoms with E-state index in [0.717, 1.165) is 0 Å². The predicted molar refractivity (Wildman–Crippen MR) is 71.1 cm³/mol. The van der Waals surface area contributed by atoms with Crippen molar-refractivity contribution < 1.29 is 4.52 Å². The minimum atomic E-state index is 0.407. The van der Waals surface area contributed by atoms with Gasteiger partial charge < -0.3 is 9.84 Å². The Balaban J connectivity index is 1.93. The summed E-state index contributed by atoms with van der Waals surface area (Å²) >= 11 is 0. The van der Waals surface area contributed by atoms with Crippen LogP contribution < -0.4 is 5.32 Å². The summed E-state index contributed by atoms with van der Waals surface area (Å²) in [6, 6.07) is 0.538. The zero-order valence-electron chi connectivity index (χ0n) is 12.2. The molecular formula is C14H25N3O. The second-order valence-electron chi connectivity index (χ2n) is 7.23. The van der Waals surface area contributed by atoms with Gasteiger partial charge in [-0.05, 0) is 37.0 Å². The lowest BCUT2D eigenvalue weighted by Crippen LogP contribution is -2.43. The lowest BCUT2D eigenvalue weighted by atomic mass is 9.63. The molecule has 1 aromatic heterocycles. The molecule has 1 aliphatic carbocycles. The molecule has 0 unspecified atom stereocenters. The third-order valence-corrected chi connectivity index (χ3v) is 3.67. The van der Waals surface area contributed by atoms with Crippen molar-refractivity contribution >= 4 is 0 Å². The third-order valence-electron chi connectivity index (χ3n) is 3.67. The van der Waals surface area contributed by atoms with Gasteiger partial charge in [0.05, 0.1) is 6.54 Å². The number of aryl methyl sites for hydroxylation is 1. The van der Waals surface area contributed by atoms with Gasteiger partial charge in [-0.2, -0.15) is 4.98 Å². The standard InChI is InChI=1S/C14H25N3O/c1-10-16-12(18-17-10)8-15-11-6-13(2,3)9-14(4,5)7-11/h11,15H,6-9H2,1-5H3. The van der Waals surface area contributed by atoms with E-state index in [0.29, 0.717) is 35.1 Å². The van der Waals surface area contributed by atoms with Gasteiger partial charge in [-0.1, -0.05) is 32.9 Å². The summed E-state index contributed by atoms with van der Waals surface area (Å²) in [7, 11) is 0. The van der Waals surface area contributed by atoms with Gasteiger partial charge in [0.1, 0.15) is 0 Å². The van der Waals surface area contributed by atoms with Crippen LogP contribution in [-0.2, 0) is 6.54 Å². The smallest absolute Gasteiger partial charge is 0.240 e. The fraction of sp³-hybridized carbons (Fsp3) is 0.857. The summed E-state index contributed by atoms with van der Waals surface area (Å²) in [5.41, 5.74) is 0.814. The Kier molecular flexibility index (Phi) is 3.49. The van der Waals surface area contributed by atoms with Crippen molar-refractivity contribution in [3.8, 4) is 0 Å². The number of hydrogen-bond acceptors (Lipinski definition) is 4. The van der Waals surface area contributed by atoms with E-state index in [1.165, 1.54) is 19.3 Å². The maximum absolute atomic E-state index is 5.14. The Morgan fingerprint density at radius 3 is 2.33 bits per heavy atom. The largest absolute Gasteiger partial charge is 0.338 e. The van der Waals surface area contributed by atoms with E-state index in [2.05, 4.69) is 43.2 Å². The highest BCUT2D eigenvalue weighted by molar-refractivity contribution is 4.93. The summed E-state index contributed by atoms with van der Waals surface area (Å²) in [6.07, 6.45) is 3.71. The molecule has 1 fully saturated rings. The molecule has 1 aromatic rings. The van der Waals surface area contributed by atoms with Crippen LogP contribution in [0, 0.1) is 17.8 Å². The van der Waals surface area contributed by atoms with Gasteiger partial charge in [0.25, 0.3) is 0 Å². The molecule has 0 saturated heterocycles. The number of hydrogen-bond donors (Lipinski definition) is 1. The topological polar surface area (TPSA) is 51.0 Å². The first-order valence-electron chi connectivity index (χ1n) is 6.78. The van der Waals surface area contributed by atoms with Crippen molar-refractivity contribution in [3.63, 3.8) is 0 Å². The van der Waals surface area contributed by atoms with E-state index in [1.807, 2.05) is 6.92 Å². The molecule has 0 aliphatic heterocycles. The highest BCUT2D eigenvalue weighted by Crippen LogP contribution is 2.45. The van der Waals surface area contributed by atoms with Crippen LogP contribution >= 0.6 is 0 Å². The predicted octanol–water partition coefficient (Wildman–Crippen LogP) is 3.07. The first kappa shape index (κ1) is 13.5. The summed E-state index contributed by atoms with van der Waals surface area (Å²) in [6.45, 7) is 12.0. The number of rotatable bonds is 3. The molecule has 0 aromatic carbocycles. The fourth-order valence-electron chi connectivity index (χ4n) is 3.63. The maximum atomic E-state index is 5.14. The van der Waals surface area contributed by atoms with E-state index in [9.17, 15) is 0 Å². The molecule has 1 heterocycles. The van der Waals surface area contributed by atoms with Crippen LogP contribution in [0.1, 0.15) is 58.7 Å². The highest BCUT2D eigenvalue weighted by Gasteiger charge is 2.38. The van der Waals surface area contributed by atoms with Crippen LogP contribution in [0.3, 0.4) is 0 Å². The van der Waals surface area contributed by atoms with Crippen molar-refractivity contribution in [3.05, 3.63) is 11.7 Å². The van der Waals surface area contributed by atoms with E-state index in [4.69, 9.17) is 4.52 Å². The van der Waals surface area contributed by atoms with Crippen LogP contribution in [0.2, 0.25) is 0 Å². The van der Waals surface area contributed by atoms with Crippen LogP contribution in [0.25, 0.3) is 0 Å². The number of nitrogens with zero attached hydrogens (tertiary/aromatic N) is 2. The van der Waals surface area contributed by atoms with E-state index < -0.39 is 0 Å². The van der Waals surface area contributed by atoms with Crippen molar-refractivity contribution in [2.75, 3.05) is 0 Å². The normalized spacial score (nSPS) is 23.2. The lowest BCUT2D eigenvalue weighted by Gasteiger charge is -2.45. The molecule has 0 radical (unpaired) electrons. The van der Waals surface area contributed by atoms with E-state index in [-0.39, 0.29) is 0 Å². The van der Waals surface area contributed by atoms with E-state index >= 15 is 0 Å². The Hall–Kier alpha value is -0.900. The molecule has 2 rings (SSSR count). The molecule has 0 bridgehead atoms. The van der Waals surface area contributed by atoms with Crippen molar-refractivity contribution in [2.24, 2.45) is 10.8 Å². The van der Waals surface area contributed by atoms with Crippen molar-refractivity contribution in [2.45, 2.75) is 66.5 Å². The molecule has 1 saturated carbocycles. The minimum Gasteiger partial charge on any atom is -0.338 e. The van der Waals surface area contributed by atoms with Crippen LogP contribution in [0.15, 0.2) is 4.52 Å². The molecule has 0 spiro atoms. The molecular weight excluding hydrogens is 226 g/mol. The zero-order valence-corrected chi connectivity index (χ0v) is 12.2. The zero-order chi connectivity index (χ0) is 13.4. The van der Waals surface area contributed by atoms with Crippen molar-refractivity contribution in [1.29, 1.82) is 0 Å². The van der Waals surface area contributed by atoms with Gasteiger partial charge in [0, 0.05) is 6.04 Å². The summed E-state index contributed by atoms with van der Waals surface area (Å²) in [5.74, 6) is 1.39. The van der Waals surface area contributed by atoms with Gasteiger partial charge in [-0.3, -0.25) is 0 Å². The van der Waals surface area contributed by atoms with Gasteiger partial charge in [0.2, 0.25) is 5.89 Å². The molecule has 1 aliphatic rings. The van der Waals surface area contributed by atoms with Gasteiger partial charge >= 0.3 is 0 Å². The quantitative estimate of drug-likeness (QED) is 0.897. The average molecular weight is 251 g/mol. The molecule has 1 N–H and O–H groups in total. The number of nitrogens with one attached hydrogen (secondary N) is 1. The second-order valence-corrected chi connectivity index (χ2v) is 7.23.